The van der Waals surface area contributed by atoms with Crippen molar-refractivity contribution in [3.05, 3.63) is 76.3 Å². The number of amides is 1. The number of oxazole rings is 1. The van der Waals surface area contributed by atoms with Gasteiger partial charge in [-0.2, -0.15) is 0 Å². The zero-order chi connectivity index (χ0) is 21.8. The van der Waals surface area contributed by atoms with Gasteiger partial charge in [0.05, 0.1) is 16.7 Å². The van der Waals surface area contributed by atoms with E-state index in [4.69, 9.17) is 32.4 Å². The smallest absolute Gasteiger partial charge is 0.255 e. The molecule has 0 aliphatic rings. The molecule has 0 bridgehead atoms. The Bertz CT molecular complexity index is 1220. The van der Waals surface area contributed by atoms with Crippen molar-refractivity contribution < 1.29 is 13.9 Å². The van der Waals surface area contributed by atoms with Crippen molar-refractivity contribution in [3.8, 4) is 17.2 Å². The van der Waals surface area contributed by atoms with Gasteiger partial charge in [-0.3, -0.25) is 4.79 Å². The normalized spacial score (nSPS) is 10.9. The Labute approximate surface area is 189 Å². The summed E-state index contributed by atoms with van der Waals surface area (Å²) in [6.45, 7) is 2.78. The maximum Gasteiger partial charge on any atom is 0.255 e. The predicted octanol–water partition coefficient (Wildman–Crippen LogP) is 7.23. The molecule has 0 saturated heterocycles. The molecular weight excluding hydrogens is 435 g/mol. The summed E-state index contributed by atoms with van der Waals surface area (Å²) >= 11 is 12.1. The van der Waals surface area contributed by atoms with Crippen LogP contribution in [0, 0.1) is 0 Å². The molecule has 1 amide bonds. The van der Waals surface area contributed by atoms with Crippen LogP contribution in [0.5, 0.6) is 5.75 Å². The molecule has 31 heavy (non-hydrogen) atoms. The molecule has 158 valence electrons. The fourth-order valence-electron chi connectivity index (χ4n) is 3.00. The van der Waals surface area contributed by atoms with Crippen LogP contribution < -0.4 is 10.1 Å². The van der Waals surface area contributed by atoms with Gasteiger partial charge < -0.3 is 14.5 Å². The molecule has 4 aromatic rings. The average Bonchev–Trinajstić information content (AvgIpc) is 3.20. The highest BCUT2D eigenvalue weighted by molar-refractivity contribution is 6.42. The SMILES string of the molecule is CCCCOc1ccc(C(=O)Nc2ccc3oc(-c4ccc(Cl)c(Cl)c4)nc3c2)cc1. The molecular formula is C24H20Cl2N2O3. The second-order valence-electron chi connectivity index (χ2n) is 7.01. The lowest BCUT2D eigenvalue weighted by Gasteiger charge is -2.07. The number of rotatable bonds is 7. The van der Waals surface area contributed by atoms with E-state index >= 15 is 0 Å². The highest BCUT2D eigenvalue weighted by atomic mass is 35.5. The Morgan fingerprint density at radius 3 is 2.58 bits per heavy atom. The minimum absolute atomic E-state index is 0.215. The van der Waals surface area contributed by atoms with Gasteiger partial charge in [0, 0.05) is 16.8 Å². The number of aromatic nitrogens is 1. The highest BCUT2D eigenvalue weighted by Gasteiger charge is 2.12. The van der Waals surface area contributed by atoms with Crippen molar-refractivity contribution >= 4 is 45.9 Å². The van der Waals surface area contributed by atoms with Gasteiger partial charge in [0.2, 0.25) is 5.89 Å². The van der Waals surface area contributed by atoms with Crippen LogP contribution in [0.1, 0.15) is 30.1 Å². The Kier molecular flexibility index (Phi) is 6.44. The van der Waals surface area contributed by atoms with Crippen molar-refractivity contribution in [1.82, 2.24) is 4.98 Å². The third-order valence-corrected chi connectivity index (χ3v) is 5.43. The van der Waals surface area contributed by atoms with Crippen LogP contribution in [0.25, 0.3) is 22.6 Å². The lowest BCUT2D eigenvalue weighted by molar-refractivity contribution is 0.102. The summed E-state index contributed by atoms with van der Waals surface area (Å²) in [4.78, 5) is 17.1. The molecule has 0 saturated carbocycles. The summed E-state index contributed by atoms with van der Waals surface area (Å²) in [6, 6.07) is 17.6. The minimum atomic E-state index is -0.215. The number of nitrogens with one attached hydrogen (secondary N) is 1. The number of carbonyl (C=O) groups excluding carboxylic acids is 1. The summed E-state index contributed by atoms with van der Waals surface area (Å²) in [5.41, 5.74) is 3.11. The van der Waals surface area contributed by atoms with Gasteiger partial charge in [-0.25, -0.2) is 4.98 Å². The summed E-state index contributed by atoms with van der Waals surface area (Å²) in [5.74, 6) is 0.965. The van der Waals surface area contributed by atoms with Gasteiger partial charge in [-0.1, -0.05) is 36.5 Å². The molecule has 0 spiro atoms. The Morgan fingerprint density at radius 2 is 1.84 bits per heavy atom. The average molecular weight is 455 g/mol. The minimum Gasteiger partial charge on any atom is -0.494 e. The quantitative estimate of drug-likeness (QED) is 0.299. The number of ether oxygens (including phenoxy) is 1. The number of hydrogen-bond donors (Lipinski definition) is 1. The number of unbranched alkanes of at least 4 members (excludes halogenated alkanes) is 1. The molecule has 3 aromatic carbocycles. The fraction of sp³-hybridized carbons (Fsp3) is 0.167. The Balaban J connectivity index is 1.48. The van der Waals surface area contributed by atoms with Crippen LogP contribution >= 0.6 is 23.2 Å². The monoisotopic (exact) mass is 454 g/mol. The number of carbonyl (C=O) groups is 1. The zero-order valence-electron chi connectivity index (χ0n) is 16.8. The lowest BCUT2D eigenvalue weighted by Crippen LogP contribution is -2.11. The summed E-state index contributed by atoms with van der Waals surface area (Å²) in [6.07, 6.45) is 2.07. The van der Waals surface area contributed by atoms with Crippen LogP contribution in [0.2, 0.25) is 10.0 Å². The van der Waals surface area contributed by atoms with Crippen molar-refractivity contribution in [2.75, 3.05) is 11.9 Å². The number of fused-ring (bicyclic) bond motifs is 1. The number of nitrogens with zero attached hydrogens (tertiary/aromatic N) is 1. The van der Waals surface area contributed by atoms with Crippen molar-refractivity contribution in [3.63, 3.8) is 0 Å². The van der Waals surface area contributed by atoms with Crippen LogP contribution in [0.15, 0.2) is 65.1 Å². The number of anilines is 1. The Morgan fingerprint density at radius 1 is 1.03 bits per heavy atom. The van der Waals surface area contributed by atoms with Crippen LogP contribution in [0.4, 0.5) is 5.69 Å². The van der Waals surface area contributed by atoms with E-state index in [2.05, 4.69) is 17.2 Å². The molecule has 0 aliphatic carbocycles. The molecule has 7 heteroatoms. The van der Waals surface area contributed by atoms with E-state index in [1.54, 1.807) is 60.7 Å². The lowest BCUT2D eigenvalue weighted by atomic mass is 10.2. The molecule has 5 nitrogen and oxygen atoms in total. The van der Waals surface area contributed by atoms with Gasteiger partial charge in [0.15, 0.2) is 5.58 Å². The molecule has 1 aromatic heterocycles. The molecule has 4 rings (SSSR count). The van der Waals surface area contributed by atoms with E-state index in [9.17, 15) is 4.79 Å². The second-order valence-corrected chi connectivity index (χ2v) is 7.83. The van der Waals surface area contributed by atoms with Gasteiger partial charge in [-0.05, 0) is 67.1 Å². The maximum absolute atomic E-state index is 12.6. The summed E-state index contributed by atoms with van der Waals surface area (Å²) < 4.78 is 11.4. The van der Waals surface area contributed by atoms with E-state index in [1.165, 1.54) is 0 Å². The number of hydrogen-bond acceptors (Lipinski definition) is 4. The Hall–Kier alpha value is -3.02. The molecule has 0 unspecified atom stereocenters. The van der Waals surface area contributed by atoms with Crippen LogP contribution in [-0.4, -0.2) is 17.5 Å². The maximum atomic E-state index is 12.6. The van der Waals surface area contributed by atoms with E-state index in [0.29, 0.717) is 44.9 Å². The first kappa shape index (κ1) is 21.2. The standard InChI is InChI=1S/C24H20Cl2N2O3/c1-2-3-12-30-18-8-4-15(5-9-18)23(29)27-17-7-11-22-21(14-17)28-24(31-22)16-6-10-19(25)20(26)13-16/h4-11,13-14H,2-3,12H2,1H3,(H,27,29). The first-order valence-corrected chi connectivity index (χ1v) is 10.7. The number of benzene rings is 3. The van der Waals surface area contributed by atoms with Crippen molar-refractivity contribution in [2.24, 2.45) is 0 Å². The van der Waals surface area contributed by atoms with E-state index in [1.807, 2.05) is 0 Å². The van der Waals surface area contributed by atoms with Gasteiger partial charge in [0.25, 0.3) is 5.91 Å². The molecule has 0 atom stereocenters. The zero-order valence-corrected chi connectivity index (χ0v) is 18.3. The van der Waals surface area contributed by atoms with Crippen LogP contribution in [-0.2, 0) is 0 Å². The predicted molar refractivity (Wildman–Crippen MR) is 124 cm³/mol. The topological polar surface area (TPSA) is 64.4 Å². The van der Waals surface area contributed by atoms with Crippen LogP contribution in [0.3, 0.4) is 0 Å². The summed E-state index contributed by atoms with van der Waals surface area (Å²) in [7, 11) is 0. The fourth-order valence-corrected chi connectivity index (χ4v) is 3.30. The first-order valence-electron chi connectivity index (χ1n) is 9.93. The molecule has 0 radical (unpaired) electrons. The van der Waals surface area contributed by atoms with Gasteiger partial charge in [0.1, 0.15) is 11.3 Å². The van der Waals surface area contributed by atoms with Crippen molar-refractivity contribution in [1.29, 1.82) is 0 Å². The second kappa shape index (κ2) is 9.41. The van der Waals surface area contributed by atoms with E-state index in [-0.39, 0.29) is 5.91 Å². The number of halogens is 2. The highest BCUT2D eigenvalue weighted by Crippen LogP contribution is 2.31. The molecule has 0 fully saturated rings. The molecule has 1 N–H and O–H groups in total. The van der Waals surface area contributed by atoms with E-state index < -0.39 is 0 Å². The third-order valence-electron chi connectivity index (χ3n) is 4.70. The molecule has 0 aliphatic heterocycles. The third kappa shape index (κ3) is 5.01. The largest absolute Gasteiger partial charge is 0.494 e. The summed E-state index contributed by atoms with van der Waals surface area (Å²) in [5, 5.41) is 3.78. The van der Waals surface area contributed by atoms with E-state index in [0.717, 1.165) is 24.2 Å². The first-order chi connectivity index (χ1) is 15.0. The van der Waals surface area contributed by atoms with Gasteiger partial charge in [-0.15, -0.1) is 0 Å². The van der Waals surface area contributed by atoms with Gasteiger partial charge >= 0.3 is 0 Å². The van der Waals surface area contributed by atoms with Crippen molar-refractivity contribution in [2.45, 2.75) is 19.8 Å². The molecule has 1 heterocycles.